The Kier molecular flexibility index (Phi) is 2.60. The van der Waals surface area contributed by atoms with Gasteiger partial charge in [-0.1, -0.05) is 0 Å². The van der Waals surface area contributed by atoms with Crippen molar-refractivity contribution < 1.29 is 4.79 Å². The van der Waals surface area contributed by atoms with E-state index in [-0.39, 0.29) is 5.91 Å². The standard InChI is InChI=1S/C9H9N3OS/c13-9(7-1-2-14-5-7)11-4-8-3-10-6-12-8/h1-3,5-6H,4H2,(H,10,12)(H,11,13). The van der Waals surface area contributed by atoms with E-state index >= 15 is 0 Å². The van der Waals surface area contributed by atoms with Crippen LogP contribution in [-0.4, -0.2) is 15.9 Å². The van der Waals surface area contributed by atoms with Gasteiger partial charge in [0.05, 0.1) is 18.6 Å². The molecular formula is C9H9N3OS. The Morgan fingerprint density at radius 3 is 3.21 bits per heavy atom. The minimum Gasteiger partial charge on any atom is -0.347 e. The first kappa shape index (κ1) is 8.96. The molecule has 0 bridgehead atoms. The monoisotopic (exact) mass is 207 g/mol. The highest BCUT2D eigenvalue weighted by molar-refractivity contribution is 7.08. The summed E-state index contributed by atoms with van der Waals surface area (Å²) >= 11 is 1.51. The van der Waals surface area contributed by atoms with Crippen molar-refractivity contribution in [3.8, 4) is 0 Å². The number of aromatic amines is 1. The molecule has 0 atom stereocenters. The molecule has 0 spiro atoms. The van der Waals surface area contributed by atoms with Crippen LogP contribution in [0.3, 0.4) is 0 Å². The van der Waals surface area contributed by atoms with E-state index in [9.17, 15) is 4.79 Å². The number of amides is 1. The lowest BCUT2D eigenvalue weighted by molar-refractivity contribution is 0.0951. The molecule has 2 rings (SSSR count). The summed E-state index contributed by atoms with van der Waals surface area (Å²) in [6.45, 7) is 0.481. The van der Waals surface area contributed by atoms with Crippen molar-refractivity contribution in [1.82, 2.24) is 15.3 Å². The molecule has 5 heteroatoms. The van der Waals surface area contributed by atoms with Crippen LogP contribution >= 0.6 is 11.3 Å². The molecule has 0 aliphatic carbocycles. The second-order valence-electron chi connectivity index (χ2n) is 2.77. The highest BCUT2D eigenvalue weighted by Crippen LogP contribution is 2.05. The predicted octanol–water partition coefficient (Wildman–Crippen LogP) is 1.40. The zero-order valence-corrected chi connectivity index (χ0v) is 8.17. The second kappa shape index (κ2) is 4.06. The normalized spacial score (nSPS) is 10.0. The largest absolute Gasteiger partial charge is 0.347 e. The lowest BCUT2D eigenvalue weighted by Gasteiger charge is -2.00. The summed E-state index contributed by atoms with van der Waals surface area (Å²) in [6, 6.07) is 1.80. The zero-order chi connectivity index (χ0) is 9.80. The van der Waals surface area contributed by atoms with Crippen molar-refractivity contribution in [3.63, 3.8) is 0 Å². The van der Waals surface area contributed by atoms with Crippen LogP contribution in [0.4, 0.5) is 0 Å². The van der Waals surface area contributed by atoms with Gasteiger partial charge in [-0.3, -0.25) is 4.79 Å². The van der Waals surface area contributed by atoms with Crippen molar-refractivity contribution in [2.24, 2.45) is 0 Å². The maximum Gasteiger partial charge on any atom is 0.252 e. The lowest BCUT2D eigenvalue weighted by Crippen LogP contribution is -2.22. The van der Waals surface area contributed by atoms with Gasteiger partial charge in [0, 0.05) is 17.1 Å². The number of hydrogen-bond donors (Lipinski definition) is 2. The van der Waals surface area contributed by atoms with Crippen LogP contribution < -0.4 is 5.32 Å². The number of rotatable bonds is 3. The molecule has 2 heterocycles. The molecule has 14 heavy (non-hydrogen) atoms. The van der Waals surface area contributed by atoms with Crippen LogP contribution in [-0.2, 0) is 6.54 Å². The predicted molar refractivity (Wildman–Crippen MR) is 54.1 cm³/mol. The Morgan fingerprint density at radius 2 is 2.57 bits per heavy atom. The summed E-state index contributed by atoms with van der Waals surface area (Å²) in [7, 11) is 0. The van der Waals surface area contributed by atoms with E-state index in [0.717, 1.165) is 5.69 Å². The van der Waals surface area contributed by atoms with Gasteiger partial charge in [0.2, 0.25) is 0 Å². The number of thiophene rings is 1. The fraction of sp³-hybridized carbons (Fsp3) is 0.111. The Bertz CT molecular complexity index is 394. The molecule has 2 aromatic rings. The molecule has 0 aliphatic heterocycles. The minimum absolute atomic E-state index is 0.0548. The fourth-order valence-electron chi connectivity index (χ4n) is 1.05. The molecule has 0 radical (unpaired) electrons. The summed E-state index contributed by atoms with van der Waals surface area (Å²) < 4.78 is 0. The van der Waals surface area contributed by atoms with E-state index in [1.807, 2.05) is 10.8 Å². The van der Waals surface area contributed by atoms with Gasteiger partial charge in [0.15, 0.2) is 0 Å². The first-order valence-electron chi connectivity index (χ1n) is 4.14. The third-order valence-electron chi connectivity index (χ3n) is 1.78. The average molecular weight is 207 g/mol. The van der Waals surface area contributed by atoms with E-state index in [1.165, 1.54) is 11.3 Å². The van der Waals surface area contributed by atoms with E-state index in [4.69, 9.17) is 0 Å². The van der Waals surface area contributed by atoms with Crippen molar-refractivity contribution in [1.29, 1.82) is 0 Å². The lowest BCUT2D eigenvalue weighted by atomic mass is 10.3. The van der Waals surface area contributed by atoms with Crippen LogP contribution in [0.15, 0.2) is 29.4 Å². The van der Waals surface area contributed by atoms with Crippen molar-refractivity contribution >= 4 is 17.2 Å². The second-order valence-corrected chi connectivity index (χ2v) is 3.55. The van der Waals surface area contributed by atoms with Gasteiger partial charge in [-0.05, 0) is 11.4 Å². The Labute approximate surface area is 85.0 Å². The summed E-state index contributed by atoms with van der Waals surface area (Å²) in [5.41, 5.74) is 1.60. The maximum absolute atomic E-state index is 11.5. The third kappa shape index (κ3) is 2.00. The molecule has 0 saturated carbocycles. The third-order valence-corrected chi connectivity index (χ3v) is 2.46. The Balaban J connectivity index is 1.90. The van der Waals surface area contributed by atoms with Gasteiger partial charge in [0.1, 0.15) is 0 Å². The van der Waals surface area contributed by atoms with Crippen LogP contribution in [0.25, 0.3) is 0 Å². The van der Waals surface area contributed by atoms with Gasteiger partial charge < -0.3 is 10.3 Å². The van der Waals surface area contributed by atoms with Gasteiger partial charge >= 0.3 is 0 Å². The summed E-state index contributed by atoms with van der Waals surface area (Å²) in [5.74, 6) is -0.0548. The first-order chi connectivity index (χ1) is 6.86. The summed E-state index contributed by atoms with van der Waals surface area (Å²) in [6.07, 6.45) is 3.28. The molecule has 0 fully saturated rings. The van der Waals surface area contributed by atoms with E-state index in [0.29, 0.717) is 12.1 Å². The van der Waals surface area contributed by atoms with E-state index < -0.39 is 0 Å². The molecule has 0 saturated heterocycles. The van der Waals surface area contributed by atoms with E-state index in [2.05, 4.69) is 15.3 Å². The molecule has 0 aromatic carbocycles. The Morgan fingerprint density at radius 1 is 1.64 bits per heavy atom. The highest BCUT2D eigenvalue weighted by atomic mass is 32.1. The van der Waals surface area contributed by atoms with E-state index in [1.54, 1.807) is 18.6 Å². The van der Waals surface area contributed by atoms with Crippen LogP contribution in [0, 0.1) is 0 Å². The molecule has 0 unspecified atom stereocenters. The molecule has 4 nitrogen and oxygen atoms in total. The van der Waals surface area contributed by atoms with Crippen molar-refractivity contribution in [3.05, 3.63) is 40.6 Å². The zero-order valence-electron chi connectivity index (χ0n) is 7.36. The number of carbonyl (C=O) groups excluding carboxylic acids is 1. The number of nitrogens with one attached hydrogen (secondary N) is 2. The van der Waals surface area contributed by atoms with Crippen LogP contribution in [0.1, 0.15) is 16.1 Å². The summed E-state index contributed by atoms with van der Waals surface area (Å²) in [5, 5.41) is 6.49. The SMILES string of the molecule is O=C(NCc1cnc[nH]1)c1ccsc1. The quantitative estimate of drug-likeness (QED) is 0.799. The number of carbonyl (C=O) groups is 1. The van der Waals surface area contributed by atoms with Gasteiger partial charge in [0.25, 0.3) is 5.91 Å². The number of nitrogens with zero attached hydrogens (tertiary/aromatic N) is 1. The van der Waals surface area contributed by atoms with Gasteiger partial charge in [-0.2, -0.15) is 11.3 Å². The molecular weight excluding hydrogens is 198 g/mol. The molecule has 2 aromatic heterocycles. The molecule has 1 amide bonds. The van der Waals surface area contributed by atoms with Gasteiger partial charge in [-0.25, -0.2) is 4.98 Å². The first-order valence-corrected chi connectivity index (χ1v) is 5.08. The Hall–Kier alpha value is -1.62. The smallest absolute Gasteiger partial charge is 0.252 e. The number of hydrogen-bond acceptors (Lipinski definition) is 3. The number of aromatic nitrogens is 2. The molecule has 0 aliphatic rings. The molecule has 2 N–H and O–H groups in total. The van der Waals surface area contributed by atoms with Crippen molar-refractivity contribution in [2.45, 2.75) is 6.54 Å². The highest BCUT2D eigenvalue weighted by Gasteiger charge is 2.04. The van der Waals surface area contributed by atoms with Crippen LogP contribution in [0.5, 0.6) is 0 Å². The minimum atomic E-state index is -0.0548. The van der Waals surface area contributed by atoms with Gasteiger partial charge in [-0.15, -0.1) is 0 Å². The molecule has 72 valence electrons. The topological polar surface area (TPSA) is 57.8 Å². The summed E-state index contributed by atoms with van der Waals surface area (Å²) in [4.78, 5) is 18.2. The number of imidazole rings is 1. The average Bonchev–Trinajstić information content (AvgIpc) is 2.87. The maximum atomic E-state index is 11.5. The van der Waals surface area contributed by atoms with Crippen LogP contribution in [0.2, 0.25) is 0 Å². The fourth-order valence-corrected chi connectivity index (χ4v) is 1.69. The number of H-pyrrole nitrogens is 1. The van der Waals surface area contributed by atoms with Crippen molar-refractivity contribution in [2.75, 3.05) is 0 Å².